The van der Waals surface area contributed by atoms with Crippen molar-refractivity contribution in [3.63, 3.8) is 0 Å². The molecule has 1 rings (SSSR count). The molecule has 0 fully saturated rings. The van der Waals surface area contributed by atoms with Crippen LogP contribution in [-0.4, -0.2) is 42.2 Å². The fourth-order valence-electron chi connectivity index (χ4n) is 1.51. The van der Waals surface area contributed by atoms with Gasteiger partial charge in [0.2, 0.25) is 0 Å². The van der Waals surface area contributed by atoms with Crippen molar-refractivity contribution in [2.45, 2.75) is 25.9 Å². The molecule has 5 nitrogen and oxygen atoms in total. The second-order valence-corrected chi connectivity index (χ2v) is 5.21. The molecule has 0 saturated carbocycles. The van der Waals surface area contributed by atoms with Gasteiger partial charge in [-0.15, -0.1) is 0 Å². The van der Waals surface area contributed by atoms with E-state index in [4.69, 9.17) is 5.73 Å². The van der Waals surface area contributed by atoms with Crippen molar-refractivity contribution in [1.29, 1.82) is 0 Å². The third-order valence-electron chi connectivity index (χ3n) is 3.13. The zero-order valence-electron chi connectivity index (χ0n) is 12.0. The number of nitrogens with zero attached hydrogens (tertiary/aromatic N) is 1. The number of carbonyl (C=O) groups is 1. The van der Waals surface area contributed by atoms with Gasteiger partial charge in [0.15, 0.2) is 0 Å². The molecule has 0 saturated heterocycles. The average molecular weight is 265 g/mol. The number of nitrogens with two attached hydrogens (primary N) is 1. The number of nitrogens with one attached hydrogen (secondary N) is 1. The number of aliphatic hydroxyl groups is 1. The zero-order chi connectivity index (χ0) is 14.6. The summed E-state index contributed by atoms with van der Waals surface area (Å²) in [5.74, 6) is -0.0784. The maximum absolute atomic E-state index is 11.9. The third-order valence-corrected chi connectivity index (χ3v) is 3.13. The van der Waals surface area contributed by atoms with Gasteiger partial charge in [0, 0.05) is 26.2 Å². The van der Waals surface area contributed by atoms with Crippen LogP contribution in [0.3, 0.4) is 0 Å². The molecule has 0 aromatic heterocycles. The maximum atomic E-state index is 11.9. The smallest absolute Gasteiger partial charge is 0.253 e. The molecule has 19 heavy (non-hydrogen) atoms. The lowest BCUT2D eigenvalue weighted by molar-refractivity contribution is 0.0697. The van der Waals surface area contributed by atoms with E-state index in [9.17, 15) is 9.90 Å². The van der Waals surface area contributed by atoms with Gasteiger partial charge in [-0.1, -0.05) is 6.92 Å². The standard InChI is InChI=1S/C14H23N3O2/c1-5-14(2,19)9-16-12-8-10(6-7-11(12)15)13(18)17(3)4/h6-8,16,19H,5,9,15H2,1-4H3. The van der Waals surface area contributed by atoms with Crippen LogP contribution in [0.2, 0.25) is 0 Å². The summed E-state index contributed by atoms with van der Waals surface area (Å²) in [6.45, 7) is 4.05. The van der Waals surface area contributed by atoms with Crippen molar-refractivity contribution in [2.24, 2.45) is 0 Å². The Kier molecular flexibility index (Phi) is 4.78. The normalized spacial score (nSPS) is 13.7. The van der Waals surface area contributed by atoms with Gasteiger partial charge in [0.25, 0.3) is 5.91 Å². The van der Waals surface area contributed by atoms with Crippen LogP contribution >= 0.6 is 0 Å². The van der Waals surface area contributed by atoms with E-state index in [-0.39, 0.29) is 5.91 Å². The molecular weight excluding hydrogens is 242 g/mol. The highest BCUT2D eigenvalue weighted by atomic mass is 16.3. The highest BCUT2D eigenvalue weighted by Gasteiger charge is 2.18. The Balaban J connectivity index is 2.89. The lowest BCUT2D eigenvalue weighted by Gasteiger charge is -2.23. The monoisotopic (exact) mass is 265 g/mol. The summed E-state index contributed by atoms with van der Waals surface area (Å²) in [5, 5.41) is 13.1. The van der Waals surface area contributed by atoms with Crippen LogP contribution in [0, 0.1) is 0 Å². The largest absolute Gasteiger partial charge is 0.397 e. The summed E-state index contributed by atoms with van der Waals surface area (Å²) in [6.07, 6.45) is 0.635. The van der Waals surface area contributed by atoms with Crippen LogP contribution in [0.25, 0.3) is 0 Å². The summed E-state index contributed by atoms with van der Waals surface area (Å²) >= 11 is 0. The lowest BCUT2D eigenvalue weighted by atomic mass is 10.0. The molecule has 1 aromatic rings. The number of rotatable bonds is 5. The van der Waals surface area contributed by atoms with Crippen molar-refractivity contribution < 1.29 is 9.90 Å². The van der Waals surface area contributed by atoms with Crippen LogP contribution in [0.15, 0.2) is 18.2 Å². The van der Waals surface area contributed by atoms with Crippen molar-refractivity contribution in [3.05, 3.63) is 23.8 Å². The minimum absolute atomic E-state index is 0.0784. The highest BCUT2D eigenvalue weighted by Crippen LogP contribution is 2.22. The Morgan fingerprint density at radius 2 is 2.11 bits per heavy atom. The van der Waals surface area contributed by atoms with Crippen molar-refractivity contribution in [1.82, 2.24) is 4.90 Å². The number of nitrogen functional groups attached to an aromatic ring is 1. The number of benzene rings is 1. The average Bonchev–Trinajstić information content (AvgIpc) is 2.37. The number of amides is 1. The van der Waals surface area contributed by atoms with Gasteiger partial charge in [-0.25, -0.2) is 0 Å². The van der Waals surface area contributed by atoms with E-state index in [2.05, 4.69) is 5.32 Å². The fraction of sp³-hybridized carbons (Fsp3) is 0.500. The van der Waals surface area contributed by atoms with Crippen LogP contribution < -0.4 is 11.1 Å². The van der Waals surface area contributed by atoms with Gasteiger partial charge in [-0.3, -0.25) is 4.79 Å². The highest BCUT2D eigenvalue weighted by molar-refractivity contribution is 5.95. The molecule has 0 aliphatic rings. The molecule has 0 aliphatic heterocycles. The minimum Gasteiger partial charge on any atom is -0.397 e. The second kappa shape index (κ2) is 5.93. The summed E-state index contributed by atoms with van der Waals surface area (Å²) in [5.41, 5.74) is 6.86. The molecule has 5 heteroatoms. The van der Waals surface area contributed by atoms with Crippen molar-refractivity contribution in [2.75, 3.05) is 31.7 Å². The van der Waals surface area contributed by atoms with Crippen LogP contribution in [0.1, 0.15) is 30.6 Å². The molecule has 4 N–H and O–H groups in total. The first-order valence-corrected chi connectivity index (χ1v) is 6.34. The Hall–Kier alpha value is -1.75. The van der Waals surface area contributed by atoms with Gasteiger partial charge in [0.1, 0.15) is 0 Å². The molecule has 0 aliphatic carbocycles. The Morgan fingerprint density at radius 3 is 2.63 bits per heavy atom. The molecular formula is C14H23N3O2. The van der Waals surface area contributed by atoms with Gasteiger partial charge >= 0.3 is 0 Å². The third kappa shape index (κ3) is 4.13. The van der Waals surface area contributed by atoms with Crippen LogP contribution in [-0.2, 0) is 0 Å². The summed E-state index contributed by atoms with van der Waals surface area (Å²) in [7, 11) is 3.40. The molecule has 0 spiro atoms. The van der Waals surface area contributed by atoms with Crippen LogP contribution in [0.4, 0.5) is 11.4 Å². The van der Waals surface area contributed by atoms with E-state index in [1.807, 2.05) is 6.92 Å². The SMILES string of the molecule is CCC(C)(O)CNc1cc(C(=O)N(C)C)ccc1N. The number of hydrogen-bond acceptors (Lipinski definition) is 4. The zero-order valence-corrected chi connectivity index (χ0v) is 12.0. The number of anilines is 2. The summed E-state index contributed by atoms with van der Waals surface area (Å²) in [6, 6.07) is 5.10. The van der Waals surface area contributed by atoms with E-state index in [0.29, 0.717) is 29.9 Å². The predicted molar refractivity (Wildman–Crippen MR) is 78.3 cm³/mol. The van der Waals surface area contributed by atoms with Gasteiger partial charge < -0.3 is 21.1 Å². The van der Waals surface area contributed by atoms with E-state index >= 15 is 0 Å². The Bertz CT molecular complexity index is 456. The summed E-state index contributed by atoms with van der Waals surface area (Å²) < 4.78 is 0. The first-order chi connectivity index (χ1) is 8.76. The molecule has 106 valence electrons. The predicted octanol–water partition coefficient (Wildman–Crippen LogP) is 1.54. The Morgan fingerprint density at radius 1 is 1.47 bits per heavy atom. The molecule has 1 unspecified atom stereocenters. The van der Waals surface area contributed by atoms with E-state index in [1.54, 1.807) is 39.2 Å². The first kappa shape index (κ1) is 15.3. The molecule has 1 amide bonds. The number of hydrogen-bond donors (Lipinski definition) is 3. The van der Waals surface area contributed by atoms with E-state index in [1.165, 1.54) is 4.90 Å². The molecule has 0 heterocycles. The molecule has 0 radical (unpaired) electrons. The molecule has 1 atom stereocenters. The van der Waals surface area contributed by atoms with Gasteiger partial charge in [-0.2, -0.15) is 0 Å². The van der Waals surface area contributed by atoms with Gasteiger partial charge in [-0.05, 0) is 31.5 Å². The van der Waals surface area contributed by atoms with Gasteiger partial charge in [0.05, 0.1) is 17.0 Å². The summed E-state index contributed by atoms with van der Waals surface area (Å²) in [4.78, 5) is 13.4. The van der Waals surface area contributed by atoms with E-state index in [0.717, 1.165) is 0 Å². The molecule has 0 bridgehead atoms. The Labute approximate surface area is 114 Å². The molecule has 1 aromatic carbocycles. The van der Waals surface area contributed by atoms with Crippen molar-refractivity contribution >= 4 is 17.3 Å². The maximum Gasteiger partial charge on any atom is 0.253 e. The van der Waals surface area contributed by atoms with Crippen LogP contribution in [0.5, 0.6) is 0 Å². The van der Waals surface area contributed by atoms with E-state index < -0.39 is 5.60 Å². The van der Waals surface area contributed by atoms with Crippen molar-refractivity contribution in [3.8, 4) is 0 Å². The number of carbonyl (C=O) groups excluding carboxylic acids is 1. The quantitative estimate of drug-likeness (QED) is 0.706. The first-order valence-electron chi connectivity index (χ1n) is 6.34. The second-order valence-electron chi connectivity index (χ2n) is 5.21. The fourth-order valence-corrected chi connectivity index (χ4v) is 1.51. The topological polar surface area (TPSA) is 78.6 Å². The lowest BCUT2D eigenvalue weighted by Crippen LogP contribution is -2.32. The minimum atomic E-state index is -0.798.